The van der Waals surface area contributed by atoms with Gasteiger partial charge in [0.25, 0.3) is 5.91 Å². The Morgan fingerprint density at radius 3 is 2.57 bits per heavy atom. The molecule has 1 heterocycles. The molecule has 0 saturated carbocycles. The summed E-state index contributed by atoms with van der Waals surface area (Å²) in [5, 5.41) is 4.15. The molecular weight excluding hydrogens is 392 g/mol. The molecule has 1 aromatic heterocycles. The molecule has 28 heavy (non-hydrogen) atoms. The van der Waals surface area contributed by atoms with Gasteiger partial charge in [0.05, 0.1) is 12.0 Å². The molecule has 0 fully saturated rings. The Morgan fingerprint density at radius 2 is 1.96 bits per heavy atom. The zero-order valence-corrected chi connectivity index (χ0v) is 18.2. The summed E-state index contributed by atoms with van der Waals surface area (Å²) in [6, 6.07) is 7.18. The Hall–Kier alpha value is -1.85. The Morgan fingerprint density at radius 1 is 1.29 bits per heavy atom. The van der Waals surface area contributed by atoms with Crippen LogP contribution >= 0.6 is 22.9 Å². The van der Waals surface area contributed by atoms with E-state index in [0.29, 0.717) is 21.5 Å². The van der Waals surface area contributed by atoms with Crippen molar-refractivity contribution in [3.05, 3.63) is 50.9 Å². The monoisotopic (exact) mass is 418 g/mol. The minimum Gasteiger partial charge on any atom is -0.365 e. The highest BCUT2D eigenvalue weighted by Crippen LogP contribution is 2.45. The molecule has 0 spiro atoms. The number of hydrogen-bond acceptors (Lipinski definition) is 3. The van der Waals surface area contributed by atoms with Crippen molar-refractivity contribution in [2.45, 2.75) is 52.9 Å². The summed E-state index contributed by atoms with van der Waals surface area (Å²) in [6.07, 6.45) is 4.16. The molecule has 150 valence electrons. The Balaban J connectivity index is 1.81. The molecule has 0 saturated heterocycles. The molecule has 4 nitrogen and oxygen atoms in total. The van der Waals surface area contributed by atoms with E-state index in [-0.39, 0.29) is 17.7 Å². The first kappa shape index (κ1) is 20.9. The summed E-state index contributed by atoms with van der Waals surface area (Å²) < 4.78 is 0. The lowest BCUT2D eigenvalue weighted by atomic mass is 9.69. The van der Waals surface area contributed by atoms with E-state index >= 15 is 0 Å². The molecule has 3 rings (SSSR count). The third-order valence-electron chi connectivity index (χ3n) is 6.06. The standard InChI is InChI=1S/C22H27ClN2O2S/c1-4-22(2,3)14-7-10-16-17(12-14)28-21(19(16)20(24)27)25-18(26)11-13-5-8-15(23)9-6-13/h5-6,8-9,14H,4,7,10-12H2,1-3H3,(H2,24,27)(H,25,26). The van der Waals surface area contributed by atoms with Gasteiger partial charge in [-0.05, 0) is 53.9 Å². The largest absolute Gasteiger partial charge is 0.365 e. The van der Waals surface area contributed by atoms with Crippen LogP contribution in [0.1, 0.15) is 60.0 Å². The van der Waals surface area contributed by atoms with Crippen molar-refractivity contribution in [3.63, 3.8) is 0 Å². The zero-order valence-electron chi connectivity index (χ0n) is 16.6. The van der Waals surface area contributed by atoms with Gasteiger partial charge in [0, 0.05) is 9.90 Å². The molecule has 0 radical (unpaired) electrons. The van der Waals surface area contributed by atoms with E-state index < -0.39 is 5.91 Å². The lowest BCUT2D eigenvalue weighted by molar-refractivity contribution is -0.115. The second-order valence-corrected chi connectivity index (χ2v) is 9.75. The van der Waals surface area contributed by atoms with Gasteiger partial charge in [0.15, 0.2) is 0 Å². The lowest BCUT2D eigenvalue weighted by Gasteiger charge is -2.36. The van der Waals surface area contributed by atoms with Gasteiger partial charge in [-0.2, -0.15) is 0 Å². The molecule has 1 unspecified atom stereocenters. The summed E-state index contributed by atoms with van der Waals surface area (Å²) in [5.41, 5.74) is 8.33. The fourth-order valence-corrected chi connectivity index (χ4v) is 5.32. The van der Waals surface area contributed by atoms with Crippen LogP contribution in [0.4, 0.5) is 5.00 Å². The van der Waals surface area contributed by atoms with Crippen molar-refractivity contribution in [2.24, 2.45) is 17.1 Å². The predicted octanol–water partition coefficient (Wildman–Crippen LogP) is 5.22. The highest BCUT2D eigenvalue weighted by atomic mass is 35.5. The van der Waals surface area contributed by atoms with Crippen LogP contribution in [0.3, 0.4) is 0 Å². The second kappa shape index (κ2) is 8.26. The van der Waals surface area contributed by atoms with Gasteiger partial charge in [-0.15, -0.1) is 11.3 Å². The Kier molecular flexibility index (Phi) is 6.15. The van der Waals surface area contributed by atoms with Crippen LogP contribution in [-0.4, -0.2) is 11.8 Å². The third-order valence-corrected chi connectivity index (χ3v) is 7.48. The maximum atomic E-state index is 12.5. The average molecular weight is 419 g/mol. The van der Waals surface area contributed by atoms with E-state index in [4.69, 9.17) is 17.3 Å². The summed E-state index contributed by atoms with van der Waals surface area (Å²) in [7, 11) is 0. The summed E-state index contributed by atoms with van der Waals surface area (Å²) in [4.78, 5) is 25.9. The molecular formula is C22H27ClN2O2S. The number of anilines is 1. The molecule has 1 aromatic carbocycles. The molecule has 1 atom stereocenters. The smallest absolute Gasteiger partial charge is 0.251 e. The molecule has 2 aromatic rings. The van der Waals surface area contributed by atoms with Gasteiger partial charge >= 0.3 is 0 Å². The molecule has 0 aliphatic heterocycles. The Bertz CT molecular complexity index is 887. The van der Waals surface area contributed by atoms with Crippen LogP contribution in [0.5, 0.6) is 0 Å². The summed E-state index contributed by atoms with van der Waals surface area (Å²) in [5.74, 6) is -0.0525. The maximum Gasteiger partial charge on any atom is 0.251 e. The van der Waals surface area contributed by atoms with E-state index in [2.05, 4.69) is 26.1 Å². The number of primary amides is 1. The summed E-state index contributed by atoms with van der Waals surface area (Å²) >= 11 is 7.40. The number of carbonyl (C=O) groups is 2. The number of halogens is 1. The number of rotatable bonds is 6. The van der Waals surface area contributed by atoms with Crippen molar-refractivity contribution < 1.29 is 9.59 Å². The molecule has 0 bridgehead atoms. The van der Waals surface area contributed by atoms with Crippen LogP contribution in [0, 0.1) is 11.3 Å². The van der Waals surface area contributed by atoms with Crippen LogP contribution < -0.4 is 11.1 Å². The zero-order chi connectivity index (χ0) is 20.5. The van der Waals surface area contributed by atoms with Crippen LogP contribution in [0.2, 0.25) is 5.02 Å². The Labute approximate surface area is 175 Å². The number of nitrogens with two attached hydrogens (primary N) is 1. The normalized spacial score (nSPS) is 16.5. The molecule has 2 amide bonds. The van der Waals surface area contributed by atoms with Crippen molar-refractivity contribution in [1.82, 2.24) is 0 Å². The number of hydrogen-bond donors (Lipinski definition) is 2. The third kappa shape index (κ3) is 4.41. The fourth-order valence-electron chi connectivity index (χ4n) is 3.85. The highest BCUT2D eigenvalue weighted by Gasteiger charge is 2.34. The number of amides is 2. The number of fused-ring (bicyclic) bond motifs is 1. The molecule has 6 heteroatoms. The number of carbonyl (C=O) groups excluding carboxylic acids is 2. The second-order valence-electron chi connectivity index (χ2n) is 8.21. The van der Waals surface area contributed by atoms with E-state index in [9.17, 15) is 9.59 Å². The van der Waals surface area contributed by atoms with Gasteiger partial charge in [-0.25, -0.2) is 0 Å². The van der Waals surface area contributed by atoms with E-state index in [1.807, 2.05) is 12.1 Å². The molecule has 3 N–H and O–H groups in total. The molecule has 1 aliphatic carbocycles. The lowest BCUT2D eigenvalue weighted by Crippen LogP contribution is -2.29. The minimum absolute atomic E-state index is 0.158. The van der Waals surface area contributed by atoms with E-state index in [1.165, 1.54) is 16.2 Å². The van der Waals surface area contributed by atoms with Gasteiger partial charge in [0.1, 0.15) is 5.00 Å². The van der Waals surface area contributed by atoms with Crippen molar-refractivity contribution >= 4 is 39.8 Å². The summed E-state index contributed by atoms with van der Waals surface area (Å²) in [6.45, 7) is 6.83. The van der Waals surface area contributed by atoms with Gasteiger partial charge in [-0.1, -0.05) is 50.9 Å². The average Bonchev–Trinajstić information content (AvgIpc) is 3.00. The topological polar surface area (TPSA) is 72.2 Å². The number of thiophene rings is 1. The minimum atomic E-state index is -0.465. The SMILES string of the molecule is CCC(C)(C)C1CCc2c(sc(NC(=O)Cc3ccc(Cl)cc3)c2C(N)=O)C1. The van der Waals surface area contributed by atoms with Crippen LogP contribution in [0.25, 0.3) is 0 Å². The van der Waals surface area contributed by atoms with E-state index in [1.54, 1.807) is 12.1 Å². The van der Waals surface area contributed by atoms with Crippen LogP contribution in [-0.2, 0) is 24.1 Å². The number of nitrogens with one attached hydrogen (secondary N) is 1. The van der Waals surface area contributed by atoms with Crippen LogP contribution in [0.15, 0.2) is 24.3 Å². The van der Waals surface area contributed by atoms with Gasteiger partial charge < -0.3 is 11.1 Å². The highest BCUT2D eigenvalue weighted by molar-refractivity contribution is 7.17. The first-order chi connectivity index (χ1) is 13.2. The van der Waals surface area contributed by atoms with Crippen molar-refractivity contribution in [2.75, 3.05) is 5.32 Å². The quantitative estimate of drug-likeness (QED) is 0.674. The first-order valence-corrected chi connectivity index (χ1v) is 10.9. The van der Waals surface area contributed by atoms with Gasteiger partial charge in [-0.3, -0.25) is 9.59 Å². The number of benzene rings is 1. The van der Waals surface area contributed by atoms with Crippen molar-refractivity contribution in [1.29, 1.82) is 0 Å². The first-order valence-electron chi connectivity index (χ1n) is 9.70. The predicted molar refractivity (Wildman–Crippen MR) is 116 cm³/mol. The maximum absolute atomic E-state index is 12.5. The van der Waals surface area contributed by atoms with E-state index in [0.717, 1.165) is 36.8 Å². The van der Waals surface area contributed by atoms with Gasteiger partial charge in [0.2, 0.25) is 5.91 Å². The van der Waals surface area contributed by atoms with Crippen molar-refractivity contribution in [3.8, 4) is 0 Å². The fraction of sp³-hybridized carbons (Fsp3) is 0.455. The molecule has 1 aliphatic rings.